The zero-order chi connectivity index (χ0) is 14.8. The van der Waals surface area contributed by atoms with E-state index in [-0.39, 0.29) is 29.3 Å². The summed E-state index contributed by atoms with van der Waals surface area (Å²) in [7, 11) is 0. The molecule has 0 spiro atoms. The highest BCUT2D eigenvalue weighted by Gasteiger charge is 2.51. The fourth-order valence-corrected chi connectivity index (χ4v) is 2.73. The summed E-state index contributed by atoms with van der Waals surface area (Å²) in [5.74, 6) is 0.122. The minimum atomic E-state index is -0.316. The van der Waals surface area contributed by atoms with Crippen LogP contribution in [0.1, 0.15) is 45.1 Å². The van der Waals surface area contributed by atoms with Crippen molar-refractivity contribution in [3.63, 3.8) is 0 Å². The van der Waals surface area contributed by atoms with E-state index >= 15 is 0 Å². The van der Waals surface area contributed by atoms with Crippen LogP contribution in [0.3, 0.4) is 0 Å². The Bertz CT molecular complexity index is 482. The molecule has 0 aromatic heterocycles. The number of rotatable bonds is 6. The first-order chi connectivity index (χ1) is 9.46. The van der Waals surface area contributed by atoms with Crippen molar-refractivity contribution in [2.75, 3.05) is 6.54 Å². The highest BCUT2D eigenvalue weighted by molar-refractivity contribution is 9.10. The van der Waals surface area contributed by atoms with Crippen LogP contribution in [0.2, 0.25) is 0 Å². The second-order valence-corrected chi connectivity index (χ2v) is 6.76. The van der Waals surface area contributed by atoms with Gasteiger partial charge in [0, 0.05) is 16.6 Å². The molecule has 118 valence electrons. The van der Waals surface area contributed by atoms with Gasteiger partial charge in [0.2, 0.25) is 5.91 Å². The number of hydrogen-bond acceptors (Lipinski definition) is 2. The Labute approximate surface area is 141 Å². The summed E-state index contributed by atoms with van der Waals surface area (Å²) in [5, 5.41) is 3.07. The number of amides is 1. The number of nitrogens with two attached hydrogens (primary N) is 1. The van der Waals surface area contributed by atoms with E-state index in [4.69, 9.17) is 5.73 Å². The lowest BCUT2D eigenvalue weighted by atomic mass is 9.92. The first-order valence-electron chi connectivity index (χ1n) is 7.29. The van der Waals surface area contributed by atoms with Crippen LogP contribution >= 0.6 is 28.3 Å². The SMILES string of the molecule is CCC(N)(CC)CNC(=O)C1(c2ccc(Br)cc2)CC1.Cl. The first-order valence-corrected chi connectivity index (χ1v) is 8.08. The Morgan fingerprint density at radius 1 is 1.29 bits per heavy atom. The van der Waals surface area contributed by atoms with Gasteiger partial charge in [-0.05, 0) is 43.4 Å². The van der Waals surface area contributed by atoms with Crippen LogP contribution in [0, 0.1) is 0 Å². The molecular formula is C16H24BrClN2O. The standard InChI is InChI=1S/C16H23BrN2O.ClH/c1-3-15(18,4-2)11-19-14(20)16(9-10-16)12-5-7-13(17)8-6-12;/h5-8H,3-4,9-11,18H2,1-2H3,(H,19,20);1H. The quantitative estimate of drug-likeness (QED) is 0.799. The van der Waals surface area contributed by atoms with E-state index in [1.165, 1.54) is 0 Å². The van der Waals surface area contributed by atoms with Gasteiger partial charge in [-0.15, -0.1) is 12.4 Å². The normalized spacial score (nSPS) is 16.0. The summed E-state index contributed by atoms with van der Waals surface area (Å²) >= 11 is 3.43. The molecule has 1 fully saturated rings. The molecule has 0 aliphatic heterocycles. The first kappa shape index (κ1) is 18.5. The molecule has 21 heavy (non-hydrogen) atoms. The van der Waals surface area contributed by atoms with E-state index in [9.17, 15) is 4.79 Å². The van der Waals surface area contributed by atoms with Gasteiger partial charge >= 0.3 is 0 Å². The maximum atomic E-state index is 12.5. The molecule has 1 aliphatic carbocycles. The summed E-state index contributed by atoms with van der Waals surface area (Å²) in [6, 6.07) is 8.06. The van der Waals surface area contributed by atoms with Gasteiger partial charge in [0.25, 0.3) is 0 Å². The molecule has 3 N–H and O–H groups in total. The van der Waals surface area contributed by atoms with Crippen molar-refractivity contribution in [2.24, 2.45) is 5.73 Å². The van der Waals surface area contributed by atoms with Crippen molar-refractivity contribution >= 4 is 34.2 Å². The minimum Gasteiger partial charge on any atom is -0.353 e. The van der Waals surface area contributed by atoms with Gasteiger partial charge in [-0.1, -0.05) is 41.9 Å². The number of benzene rings is 1. The molecule has 0 heterocycles. The molecule has 1 aliphatic rings. The summed E-state index contributed by atoms with van der Waals surface area (Å²) in [6.45, 7) is 4.69. The van der Waals surface area contributed by atoms with Crippen molar-refractivity contribution in [3.8, 4) is 0 Å². The predicted molar refractivity (Wildman–Crippen MR) is 92.8 cm³/mol. The van der Waals surface area contributed by atoms with E-state index in [0.29, 0.717) is 6.54 Å². The number of nitrogens with one attached hydrogen (secondary N) is 1. The van der Waals surface area contributed by atoms with Gasteiger partial charge in [-0.25, -0.2) is 0 Å². The van der Waals surface area contributed by atoms with Gasteiger partial charge in [0.05, 0.1) is 5.41 Å². The Kier molecular flexibility index (Phi) is 6.26. The third-order valence-electron chi connectivity index (χ3n) is 4.59. The van der Waals surface area contributed by atoms with Gasteiger partial charge in [0.15, 0.2) is 0 Å². The van der Waals surface area contributed by atoms with Crippen molar-refractivity contribution in [1.82, 2.24) is 5.32 Å². The Morgan fingerprint density at radius 2 is 1.81 bits per heavy atom. The number of halogens is 2. The van der Waals surface area contributed by atoms with Crippen LogP contribution < -0.4 is 11.1 Å². The fourth-order valence-electron chi connectivity index (χ4n) is 2.47. The van der Waals surface area contributed by atoms with Gasteiger partial charge < -0.3 is 11.1 Å². The third kappa shape index (κ3) is 3.99. The Hall–Kier alpha value is -0.580. The average Bonchev–Trinajstić information content (AvgIpc) is 3.27. The summed E-state index contributed by atoms with van der Waals surface area (Å²) in [6.07, 6.45) is 3.59. The summed E-state index contributed by atoms with van der Waals surface area (Å²) in [4.78, 5) is 12.5. The van der Waals surface area contributed by atoms with Crippen LogP contribution in [0.15, 0.2) is 28.7 Å². The molecule has 2 rings (SSSR count). The van der Waals surface area contributed by atoms with E-state index in [1.807, 2.05) is 24.3 Å². The minimum absolute atomic E-state index is 0. The largest absolute Gasteiger partial charge is 0.353 e. The maximum Gasteiger partial charge on any atom is 0.230 e. The molecule has 0 radical (unpaired) electrons. The summed E-state index contributed by atoms with van der Waals surface area (Å²) in [5.41, 5.74) is 6.75. The second kappa shape index (κ2) is 7.12. The van der Waals surface area contributed by atoms with Gasteiger partial charge in [0.1, 0.15) is 0 Å². The highest BCUT2D eigenvalue weighted by Crippen LogP contribution is 2.48. The maximum absolute atomic E-state index is 12.5. The molecule has 3 nitrogen and oxygen atoms in total. The average molecular weight is 376 g/mol. The predicted octanol–water partition coefficient (Wildman–Crippen LogP) is 3.54. The molecule has 0 bridgehead atoms. The molecule has 5 heteroatoms. The topological polar surface area (TPSA) is 55.1 Å². The monoisotopic (exact) mass is 374 g/mol. The lowest BCUT2D eigenvalue weighted by Gasteiger charge is -2.28. The van der Waals surface area contributed by atoms with Crippen molar-refractivity contribution < 1.29 is 4.79 Å². The number of hydrogen-bond donors (Lipinski definition) is 2. The van der Waals surface area contributed by atoms with Crippen LogP contribution in [0.5, 0.6) is 0 Å². The van der Waals surface area contributed by atoms with E-state index in [2.05, 4.69) is 35.1 Å². The zero-order valence-corrected chi connectivity index (χ0v) is 15.0. The van der Waals surface area contributed by atoms with Crippen molar-refractivity contribution in [3.05, 3.63) is 34.3 Å². The van der Waals surface area contributed by atoms with Crippen molar-refractivity contribution in [1.29, 1.82) is 0 Å². The van der Waals surface area contributed by atoms with E-state index in [1.54, 1.807) is 0 Å². The second-order valence-electron chi connectivity index (χ2n) is 5.84. The Morgan fingerprint density at radius 3 is 2.24 bits per heavy atom. The zero-order valence-electron chi connectivity index (χ0n) is 12.6. The molecule has 1 aromatic carbocycles. The van der Waals surface area contributed by atoms with Crippen LogP contribution in [0.25, 0.3) is 0 Å². The molecule has 0 unspecified atom stereocenters. The molecular weight excluding hydrogens is 352 g/mol. The van der Waals surface area contributed by atoms with Crippen LogP contribution in [-0.4, -0.2) is 18.0 Å². The van der Waals surface area contributed by atoms with E-state index < -0.39 is 0 Å². The Balaban J connectivity index is 0.00000220. The number of carbonyl (C=O) groups excluding carboxylic acids is 1. The van der Waals surface area contributed by atoms with Gasteiger partial charge in [-0.3, -0.25) is 4.79 Å². The molecule has 1 aromatic rings. The fraction of sp³-hybridized carbons (Fsp3) is 0.562. The van der Waals surface area contributed by atoms with Crippen LogP contribution in [0.4, 0.5) is 0 Å². The molecule has 1 saturated carbocycles. The molecule has 1 amide bonds. The summed E-state index contributed by atoms with van der Waals surface area (Å²) < 4.78 is 1.04. The molecule has 0 saturated heterocycles. The smallest absolute Gasteiger partial charge is 0.230 e. The van der Waals surface area contributed by atoms with Crippen molar-refractivity contribution in [2.45, 2.75) is 50.5 Å². The molecule has 0 atom stereocenters. The number of carbonyl (C=O) groups is 1. The third-order valence-corrected chi connectivity index (χ3v) is 5.12. The highest BCUT2D eigenvalue weighted by atomic mass is 79.9. The van der Waals surface area contributed by atoms with Crippen LogP contribution in [-0.2, 0) is 10.2 Å². The lowest BCUT2D eigenvalue weighted by molar-refractivity contribution is -0.123. The van der Waals surface area contributed by atoms with Gasteiger partial charge in [-0.2, -0.15) is 0 Å². The van der Waals surface area contributed by atoms with E-state index in [0.717, 1.165) is 35.7 Å². The lowest BCUT2D eigenvalue weighted by Crippen LogP contribution is -2.51.